The Bertz CT molecular complexity index is 740. The van der Waals surface area contributed by atoms with Crippen LogP contribution in [0.2, 0.25) is 5.02 Å². The summed E-state index contributed by atoms with van der Waals surface area (Å²) in [5.41, 5.74) is -0.0801. The van der Waals surface area contributed by atoms with Crippen LogP contribution in [0.4, 0.5) is 5.69 Å². The molecule has 2 aromatic carbocycles. The SMILES string of the molecule is C=C(C(=O)c1ccc(Cl)cc1)C(O)c1ccccc1[N+](=O)[O-]. The molecule has 6 heteroatoms. The van der Waals surface area contributed by atoms with Gasteiger partial charge in [0.25, 0.3) is 5.69 Å². The number of Topliss-reactive ketones (excluding diaryl/α,β-unsaturated/α-hetero) is 1. The zero-order valence-corrected chi connectivity index (χ0v) is 12.2. The maximum Gasteiger partial charge on any atom is 0.275 e. The lowest BCUT2D eigenvalue weighted by atomic mass is 9.95. The molecule has 22 heavy (non-hydrogen) atoms. The van der Waals surface area contributed by atoms with Crippen LogP contribution < -0.4 is 0 Å². The molecule has 1 atom stereocenters. The molecule has 0 spiro atoms. The van der Waals surface area contributed by atoms with Crippen molar-refractivity contribution in [3.05, 3.63) is 86.9 Å². The van der Waals surface area contributed by atoms with Gasteiger partial charge in [0, 0.05) is 22.2 Å². The summed E-state index contributed by atoms with van der Waals surface area (Å²) in [7, 11) is 0. The minimum absolute atomic E-state index is 0.0276. The molecule has 2 aromatic rings. The van der Waals surface area contributed by atoms with Crippen molar-refractivity contribution >= 4 is 23.1 Å². The fraction of sp³-hybridized carbons (Fsp3) is 0.0625. The summed E-state index contributed by atoms with van der Waals surface area (Å²) in [4.78, 5) is 22.7. The number of aliphatic hydroxyl groups is 1. The number of hydrogen-bond acceptors (Lipinski definition) is 4. The van der Waals surface area contributed by atoms with E-state index in [2.05, 4.69) is 6.58 Å². The van der Waals surface area contributed by atoms with E-state index in [1.54, 1.807) is 18.2 Å². The van der Waals surface area contributed by atoms with Crippen LogP contribution in [0.25, 0.3) is 0 Å². The molecule has 0 aliphatic heterocycles. The molecule has 0 heterocycles. The summed E-state index contributed by atoms with van der Waals surface area (Å²) in [5.74, 6) is -0.498. The second-order valence-corrected chi connectivity index (χ2v) is 5.02. The number of benzene rings is 2. The van der Waals surface area contributed by atoms with Crippen molar-refractivity contribution in [3.63, 3.8) is 0 Å². The maximum absolute atomic E-state index is 12.3. The van der Waals surface area contributed by atoms with E-state index in [1.165, 1.54) is 30.3 Å². The van der Waals surface area contributed by atoms with Crippen LogP contribution in [-0.4, -0.2) is 15.8 Å². The molecule has 0 amide bonds. The molecule has 0 aliphatic carbocycles. The fourth-order valence-electron chi connectivity index (χ4n) is 1.98. The number of halogens is 1. The summed E-state index contributed by atoms with van der Waals surface area (Å²) in [6.07, 6.45) is -1.45. The second kappa shape index (κ2) is 6.51. The molecule has 1 unspecified atom stereocenters. The second-order valence-electron chi connectivity index (χ2n) is 4.58. The van der Waals surface area contributed by atoms with Gasteiger partial charge >= 0.3 is 0 Å². The molecular weight excluding hydrogens is 306 g/mol. The van der Waals surface area contributed by atoms with E-state index in [4.69, 9.17) is 11.6 Å². The normalized spacial score (nSPS) is 11.7. The number of aliphatic hydroxyl groups excluding tert-OH is 1. The highest BCUT2D eigenvalue weighted by Gasteiger charge is 2.25. The van der Waals surface area contributed by atoms with Gasteiger partial charge in [0.2, 0.25) is 0 Å². The molecule has 5 nitrogen and oxygen atoms in total. The average Bonchev–Trinajstić information content (AvgIpc) is 2.53. The van der Waals surface area contributed by atoms with Crippen molar-refractivity contribution in [3.8, 4) is 0 Å². The molecule has 0 radical (unpaired) electrons. The van der Waals surface area contributed by atoms with E-state index in [-0.39, 0.29) is 16.8 Å². The van der Waals surface area contributed by atoms with Gasteiger partial charge in [-0.25, -0.2) is 0 Å². The Balaban J connectivity index is 2.31. The van der Waals surface area contributed by atoms with Crippen LogP contribution in [0.15, 0.2) is 60.7 Å². The van der Waals surface area contributed by atoms with E-state index >= 15 is 0 Å². The third kappa shape index (κ3) is 3.21. The Kier molecular flexibility index (Phi) is 4.70. The first-order valence-electron chi connectivity index (χ1n) is 6.32. The van der Waals surface area contributed by atoms with Gasteiger partial charge in [-0.2, -0.15) is 0 Å². The third-order valence-electron chi connectivity index (χ3n) is 3.16. The van der Waals surface area contributed by atoms with Crippen molar-refractivity contribution in [1.29, 1.82) is 0 Å². The highest BCUT2D eigenvalue weighted by molar-refractivity contribution is 6.30. The van der Waals surface area contributed by atoms with Gasteiger partial charge in [-0.15, -0.1) is 0 Å². The van der Waals surface area contributed by atoms with Crippen LogP contribution in [0.5, 0.6) is 0 Å². The lowest BCUT2D eigenvalue weighted by Crippen LogP contribution is -2.12. The standard InChI is InChI=1S/C16H12ClNO4/c1-10(15(19)11-6-8-12(17)9-7-11)16(20)13-4-2-3-5-14(13)18(21)22/h2-9,16,20H,1H2. The van der Waals surface area contributed by atoms with E-state index in [0.29, 0.717) is 10.6 Å². The molecule has 0 aromatic heterocycles. The van der Waals surface area contributed by atoms with E-state index in [1.807, 2.05) is 0 Å². The number of nitrogens with zero attached hydrogens (tertiary/aromatic N) is 1. The van der Waals surface area contributed by atoms with Crippen LogP contribution in [0.1, 0.15) is 22.0 Å². The van der Waals surface area contributed by atoms with E-state index in [0.717, 1.165) is 0 Å². The number of nitro groups is 1. The molecule has 2 rings (SSSR count). The monoisotopic (exact) mass is 317 g/mol. The summed E-state index contributed by atoms with van der Waals surface area (Å²) < 4.78 is 0. The molecule has 1 N–H and O–H groups in total. The summed E-state index contributed by atoms with van der Waals surface area (Å²) in [5, 5.41) is 21.7. The van der Waals surface area contributed by atoms with Crippen LogP contribution in [-0.2, 0) is 0 Å². The van der Waals surface area contributed by atoms with Gasteiger partial charge in [0.05, 0.1) is 10.5 Å². The number of nitro benzene ring substituents is 1. The van der Waals surface area contributed by atoms with Gasteiger partial charge in [0.1, 0.15) is 6.10 Å². The van der Waals surface area contributed by atoms with Gasteiger partial charge in [-0.1, -0.05) is 30.3 Å². The smallest absolute Gasteiger partial charge is 0.275 e. The third-order valence-corrected chi connectivity index (χ3v) is 3.41. The van der Waals surface area contributed by atoms with Crippen LogP contribution in [0.3, 0.4) is 0 Å². The summed E-state index contributed by atoms with van der Waals surface area (Å²) >= 11 is 5.75. The first-order valence-corrected chi connectivity index (χ1v) is 6.70. The van der Waals surface area contributed by atoms with Crippen LogP contribution in [0, 0.1) is 10.1 Å². The highest BCUT2D eigenvalue weighted by atomic mass is 35.5. The zero-order chi connectivity index (χ0) is 16.3. The zero-order valence-electron chi connectivity index (χ0n) is 11.4. The van der Waals surface area contributed by atoms with Crippen molar-refractivity contribution in [2.24, 2.45) is 0 Å². The minimum Gasteiger partial charge on any atom is -0.383 e. The molecule has 112 valence electrons. The number of para-hydroxylation sites is 1. The molecule has 0 fully saturated rings. The Labute approximate surface area is 131 Å². The Hall–Kier alpha value is -2.50. The number of carbonyl (C=O) groups excluding carboxylic acids is 1. The predicted molar refractivity (Wildman–Crippen MR) is 83.0 cm³/mol. The number of ketones is 1. The van der Waals surface area contributed by atoms with E-state index in [9.17, 15) is 20.0 Å². The van der Waals surface area contributed by atoms with Crippen LogP contribution >= 0.6 is 11.6 Å². The fourth-order valence-corrected chi connectivity index (χ4v) is 2.11. The lowest BCUT2D eigenvalue weighted by molar-refractivity contribution is -0.386. The lowest BCUT2D eigenvalue weighted by Gasteiger charge is -2.13. The van der Waals surface area contributed by atoms with Gasteiger partial charge in [-0.3, -0.25) is 14.9 Å². The maximum atomic E-state index is 12.3. The molecule has 0 bridgehead atoms. The summed E-state index contributed by atoms with van der Waals surface area (Å²) in [6, 6.07) is 11.8. The molecule has 0 saturated carbocycles. The Morgan fingerprint density at radius 2 is 1.77 bits per heavy atom. The predicted octanol–water partition coefficient (Wildman–Crippen LogP) is 3.72. The van der Waals surface area contributed by atoms with Crippen molar-refractivity contribution in [2.45, 2.75) is 6.10 Å². The molecule has 0 saturated heterocycles. The number of rotatable bonds is 5. The first kappa shape index (κ1) is 15.9. The Morgan fingerprint density at radius 3 is 2.36 bits per heavy atom. The number of hydrogen-bond donors (Lipinski definition) is 1. The largest absolute Gasteiger partial charge is 0.383 e. The summed E-state index contributed by atoms with van der Waals surface area (Å²) in [6.45, 7) is 3.58. The first-order chi connectivity index (χ1) is 10.4. The minimum atomic E-state index is -1.45. The molecular formula is C16H12ClNO4. The van der Waals surface area contributed by atoms with Gasteiger partial charge in [0.15, 0.2) is 5.78 Å². The van der Waals surface area contributed by atoms with Crippen molar-refractivity contribution < 1.29 is 14.8 Å². The van der Waals surface area contributed by atoms with E-state index < -0.39 is 16.8 Å². The van der Waals surface area contributed by atoms with Gasteiger partial charge < -0.3 is 5.11 Å². The average molecular weight is 318 g/mol. The van der Waals surface area contributed by atoms with Crippen molar-refractivity contribution in [1.82, 2.24) is 0 Å². The van der Waals surface area contributed by atoms with Gasteiger partial charge in [-0.05, 0) is 30.3 Å². The quantitative estimate of drug-likeness (QED) is 0.394. The highest BCUT2D eigenvalue weighted by Crippen LogP contribution is 2.30. The Morgan fingerprint density at radius 1 is 1.18 bits per heavy atom. The van der Waals surface area contributed by atoms with Crippen molar-refractivity contribution in [2.75, 3.05) is 0 Å². The number of carbonyl (C=O) groups is 1. The topological polar surface area (TPSA) is 80.4 Å². The molecule has 0 aliphatic rings.